The highest BCUT2D eigenvalue weighted by Crippen LogP contribution is 2.27. The fourth-order valence-electron chi connectivity index (χ4n) is 3.61. The number of hydrogen-bond acceptors (Lipinski definition) is 1. The zero-order valence-corrected chi connectivity index (χ0v) is 20.5. The lowest BCUT2D eigenvalue weighted by molar-refractivity contribution is -0.426. The van der Waals surface area contributed by atoms with Gasteiger partial charge in [-0.25, -0.2) is 4.58 Å². The highest BCUT2D eigenvalue weighted by Gasteiger charge is 2.14. The van der Waals surface area contributed by atoms with Crippen LogP contribution in [0.2, 0.25) is 0 Å². The zero-order chi connectivity index (χ0) is 21.4. The van der Waals surface area contributed by atoms with Crippen molar-refractivity contribution in [3.63, 3.8) is 0 Å². The Bertz CT molecular complexity index is 717. The molecule has 0 radical (unpaired) electrons. The Hall–Kier alpha value is -1.22. The van der Waals surface area contributed by atoms with Gasteiger partial charge in [-0.1, -0.05) is 59.6 Å². The molecular formula is C25H45N2S+. The molecule has 0 aliphatic rings. The van der Waals surface area contributed by atoms with Crippen LogP contribution in [0.1, 0.15) is 77.8 Å². The Balaban J connectivity index is 3.06. The first-order valence-electron chi connectivity index (χ1n) is 10.9. The van der Waals surface area contributed by atoms with Gasteiger partial charge in [0.1, 0.15) is 13.3 Å². The lowest BCUT2D eigenvalue weighted by Gasteiger charge is -2.24. The van der Waals surface area contributed by atoms with Crippen molar-refractivity contribution in [2.45, 2.75) is 78.9 Å². The van der Waals surface area contributed by atoms with Gasteiger partial charge in [-0.15, -0.1) is 0 Å². The molecule has 0 spiro atoms. The normalized spacial score (nSPS) is 12.7. The predicted molar refractivity (Wildman–Crippen MR) is 132 cm³/mol. The quantitative estimate of drug-likeness (QED) is 0.177. The predicted octanol–water partition coefficient (Wildman–Crippen LogP) is 6.95. The molecule has 28 heavy (non-hydrogen) atoms. The zero-order valence-electron chi connectivity index (χ0n) is 19.6. The molecule has 1 aromatic carbocycles. The smallest absolute Gasteiger partial charge is 0.205 e. The molecule has 0 atom stereocenters. The van der Waals surface area contributed by atoms with Gasteiger partial charge in [0.15, 0.2) is 0 Å². The summed E-state index contributed by atoms with van der Waals surface area (Å²) >= 11 is 0. The van der Waals surface area contributed by atoms with Crippen LogP contribution in [0.15, 0.2) is 34.8 Å². The van der Waals surface area contributed by atoms with Crippen LogP contribution >= 0.6 is 0 Å². The van der Waals surface area contributed by atoms with Crippen LogP contribution < -0.4 is 0 Å². The van der Waals surface area contributed by atoms with Crippen LogP contribution in [0.5, 0.6) is 0 Å². The van der Waals surface area contributed by atoms with E-state index < -0.39 is 9.82 Å². The van der Waals surface area contributed by atoms with Crippen molar-refractivity contribution in [2.24, 2.45) is 9.78 Å². The SMILES string of the molecule is C=C(CC(C)(C)C)N=[SH](C)(C)Cc1cc(CCCCCC)cc([N+](=C)CC)c1. The van der Waals surface area contributed by atoms with Crippen molar-refractivity contribution in [1.29, 1.82) is 0 Å². The lowest BCUT2D eigenvalue weighted by Crippen LogP contribution is -2.13. The molecule has 0 amide bonds. The molecule has 0 unspecified atom stereocenters. The van der Waals surface area contributed by atoms with Gasteiger partial charge in [0.2, 0.25) is 5.69 Å². The van der Waals surface area contributed by atoms with Crippen molar-refractivity contribution in [2.75, 3.05) is 19.1 Å². The topological polar surface area (TPSA) is 15.4 Å². The summed E-state index contributed by atoms with van der Waals surface area (Å²) in [6.07, 6.45) is 12.0. The van der Waals surface area contributed by atoms with E-state index in [1.807, 2.05) is 0 Å². The Labute approximate surface area is 176 Å². The fraction of sp³-hybridized carbons (Fsp3) is 0.640. The number of hydrogen-bond donors (Lipinski definition) is 1. The number of allylic oxidation sites excluding steroid dienone is 1. The number of benzene rings is 1. The van der Waals surface area contributed by atoms with Crippen LogP contribution in [0, 0.1) is 5.41 Å². The van der Waals surface area contributed by atoms with Crippen LogP contribution in [0.3, 0.4) is 0 Å². The second-order valence-corrected chi connectivity index (χ2v) is 13.6. The number of unbranched alkanes of at least 4 members (excludes halogenated alkanes) is 3. The standard InChI is InChI=1S/C25H45N2S/c1-10-12-13-14-15-22-16-23(18-24(17-22)27(7)11-2)20-28(8,9)26-21(3)19-25(4,5)6/h16-18,28H,3,7,10-15,19-20H2,1-2,4-6,8-9H3/q+1. The van der Waals surface area contributed by atoms with Crippen molar-refractivity contribution < 1.29 is 4.58 Å². The average Bonchev–Trinajstić information content (AvgIpc) is 2.54. The van der Waals surface area contributed by atoms with Crippen LogP contribution in [-0.4, -0.2) is 30.3 Å². The summed E-state index contributed by atoms with van der Waals surface area (Å²) in [5.41, 5.74) is 5.37. The Morgan fingerprint density at radius 3 is 2.25 bits per heavy atom. The maximum absolute atomic E-state index is 5.09. The van der Waals surface area contributed by atoms with E-state index in [0.717, 1.165) is 30.8 Å². The van der Waals surface area contributed by atoms with Crippen LogP contribution in [-0.2, 0) is 22.0 Å². The first-order valence-corrected chi connectivity index (χ1v) is 13.7. The summed E-state index contributed by atoms with van der Waals surface area (Å²) in [5.74, 6) is 1.03. The van der Waals surface area contributed by atoms with Gasteiger partial charge >= 0.3 is 0 Å². The number of thiol groups is 1. The summed E-state index contributed by atoms with van der Waals surface area (Å²) in [5, 5.41) is 0. The maximum atomic E-state index is 5.09. The van der Waals surface area contributed by atoms with Crippen LogP contribution in [0.25, 0.3) is 0 Å². The molecule has 1 aromatic rings. The molecule has 0 heterocycles. The van der Waals surface area contributed by atoms with Gasteiger partial charge < -0.3 is 0 Å². The van der Waals surface area contributed by atoms with Gasteiger partial charge in [-0.05, 0) is 55.2 Å². The monoisotopic (exact) mass is 405 g/mol. The minimum absolute atomic E-state index is 0.238. The van der Waals surface area contributed by atoms with E-state index in [-0.39, 0.29) is 5.41 Å². The Morgan fingerprint density at radius 1 is 1.04 bits per heavy atom. The molecule has 0 aliphatic heterocycles. The van der Waals surface area contributed by atoms with E-state index in [4.69, 9.17) is 4.36 Å². The Morgan fingerprint density at radius 2 is 1.68 bits per heavy atom. The van der Waals surface area contributed by atoms with Gasteiger partial charge in [0.05, 0.1) is 0 Å². The summed E-state index contributed by atoms with van der Waals surface area (Å²) in [4.78, 5) is 0. The van der Waals surface area contributed by atoms with Gasteiger partial charge in [-0.2, -0.15) is 9.82 Å². The fourth-order valence-corrected chi connectivity index (χ4v) is 5.60. The summed E-state index contributed by atoms with van der Waals surface area (Å²) in [6, 6.07) is 7.05. The summed E-state index contributed by atoms with van der Waals surface area (Å²) in [6.45, 7) is 20.6. The highest BCUT2D eigenvalue weighted by molar-refractivity contribution is 8.03. The van der Waals surface area contributed by atoms with E-state index in [9.17, 15) is 0 Å². The molecule has 2 nitrogen and oxygen atoms in total. The molecule has 0 bridgehead atoms. The number of aryl methyl sites for hydroxylation is 1. The molecule has 1 rings (SSSR count). The second kappa shape index (κ2) is 11.1. The average molecular weight is 406 g/mol. The molecule has 0 fully saturated rings. The minimum atomic E-state index is -1.43. The first kappa shape index (κ1) is 24.8. The molecular weight excluding hydrogens is 360 g/mol. The molecule has 0 saturated carbocycles. The molecule has 160 valence electrons. The largest absolute Gasteiger partial charge is 0.254 e. The minimum Gasteiger partial charge on any atom is -0.254 e. The lowest BCUT2D eigenvalue weighted by atomic mass is 9.91. The van der Waals surface area contributed by atoms with Crippen molar-refractivity contribution in [1.82, 2.24) is 0 Å². The van der Waals surface area contributed by atoms with Gasteiger partial charge in [0, 0.05) is 23.6 Å². The van der Waals surface area contributed by atoms with E-state index in [0.29, 0.717) is 0 Å². The number of rotatable bonds is 11. The molecule has 0 saturated heterocycles. The highest BCUT2D eigenvalue weighted by atomic mass is 32.2. The maximum Gasteiger partial charge on any atom is 0.205 e. The Kier molecular flexibility index (Phi) is 9.83. The van der Waals surface area contributed by atoms with E-state index in [2.05, 4.69) is 83.2 Å². The second-order valence-electron chi connectivity index (χ2n) is 9.86. The van der Waals surface area contributed by atoms with E-state index >= 15 is 0 Å². The molecule has 3 heteroatoms. The third-order valence-electron chi connectivity index (χ3n) is 4.82. The molecule has 0 N–H and O–H groups in total. The third-order valence-corrected chi connectivity index (χ3v) is 6.78. The van der Waals surface area contributed by atoms with Crippen LogP contribution in [0.4, 0.5) is 5.69 Å². The summed E-state index contributed by atoms with van der Waals surface area (Å²) in [7, 11) is -1.43. The van der Waals surface area contributed by atoms with Gasteiger partial charge in [0.25, 0.3) is 0 Å². The van der Waals surface area contributed by atoms with E-state index in [1.54, 1.807) is 0 Å². The first-order chi connectivity index (χ1) is 13.0. The molecule has 0 aromatic heterocycles. The molecule has 0 aliphatic carbocycles. The summed E-state index contributed by atoms with van der Waals surface area (Å²) < 4.78 is 7.19. The van der Waals surface area contributed by atoms with Gasteiger partial charge in [-0.3, -0.25) is 4.36 Å². The van der Waals surface area contributed by atoms with Crippen molar-refractivity contribution in [3.8, 4) is 0 Å². The van der Waals surface area contributed by atoms with E-state index in [1.165, 1.54) is 42.5 Å². The number of nitrogens with zero attached hydrogens (tertiary/aromatic N) is 2. The van der Waals surface area contributed by atoms with Crippen molar-refractivity contribution in [3.05, 3.63) is 41.6 Å². The van der Waals surface area contributed by atoms with Crippen molar-refractivity contribution >= 4 is 22.2 Å². The third kappa shape index (κ3) is 9.82.